The molecule has 2 aromatic rings. The summed E-state index contributed by atoms with van der Waals surface area (Å²) in [7, 11) is 0. The molecule has 5 atom stereocenters. The predicted molar refractivity (Wildman–Crippen MR) is 163 cm³/mol. The van der Waals surface area contributed by atoms with Crippen molar-refractivity contribution < 1.29 is 19.5 Å². The number of carbonyl (C=O) groups excluding carboxylic acids is 3. The maximum Gasteiger partial charge on any atom is 0.251 e. The molecule has 0 aliphatic carbocycles. The third-order valence-corrected chi connectivity index (χ3v) is 11.0. The van der Waals surface area contributed by atoms with E-state index in [2.05, 4.69) is 6.08 Å². The summed E-state index contributed by atoms with van der Waals surface area (Å²) in [5.74, 6) is -1.86. The van der Waals surface area contributed by atoms with E-state index in [0.717, 1.165) is 11.3 Å². The highest BCUT2D eigenvalue weighted by Crippen LogP contribution is 2.65. The molecule has 6 rings (SSSR count). The standard InChI is InChI=1S/C32H34ClN3O4S/c1-21-11-8-14-23(33)26(21)35-19-10-16-32-25(29(39)36(17-6-7-20-37)27(32)30(35)40)24-28(38)34(22-12-4-3-5-13-22)18-9-15-31(24,2)41-32/h3-5,8-16,24-25,27,37H,6-7,17-20H2,1-2H3/t24-,25+,27?,31+,32+/m1/s1. The molecular formula is C32H34ClN3O4S. The van der Waals surface area contributed by atoms with E-state index in [1.165, 1.54) is 0 Å². The van der Waals surface area contributed by atoms with Crippen LogP contribution in [0.2, 0.25) is 5.02 Å². The van der Waals surface area contributed by atoms with E-state index in [1.54, 1.807) is 32.5 Å². The van der Waals surface area contributed by atoms with Gasteiger partial charge in [-0.2, -0.15) is 0 Å². The van der Waals surface area contributed by atoms with Crippen molar-refractivity contribution in [2.45, 2.75) is 42.2 Å². The maximum atomic E-state index is 14.7. The topological polar surface area (TPSA) is 81.2 Å². The number of aliphatic hydroxyl groups is 1. The average Bonchev–Trinajstić information content (AvgIpc) is 3.21. The van der Waals surface area contributed by atoms with E-state index in [-0.39, 0.29) is 24.3 Å². The molecule has 1 unspecified atom stereocenters. The van der Waals surface area contributed by atoms with E-state index in [4.69, 9.17) is 11.6 Å². The number of fused-ring (bicyclic) bond motifs is 2. The zero-order valence-electron chi connectivity index (χ0n) is 23.2. The third-order valence-electron chi connectivity index (χ3n) is 8.89. The van der Waals surface area contributed by atoms with Crippen molar-refractivity contribution in [2.75, 3.05) is 36.0 Å². The second-order valence-corrected chi connectivity index (χ2v) is 13.6. The first-order chi connectivity index (χ1) is 19.7. The van der Waals surface area contributed by atoms with E-state index >= 15 is 0 Å². The lowest BCUT2D eigenvalue weighted by Gasteiger charge is -2.37. The van der Waals surface area contributed by atoms with Crippen LogP contribution in [0.15, 0.2) is 72.8 Å². The van der Waals surface area contributed by atoms with Crippen LogP contribution < -0.4 is 9.80 Å². The molecule has 4 aliphatic heterocycles. The van der Waals surface area contributed by atoms with E-state index in [1.807, 2.05) is 74.5 Å². The highest BCUT2D eigenvalue weighted by molar-refractivity contribution is 8.02. The molecule has 0 bridgehead atoms. The summed E-state index contributed by atoms with van der Waals surface area (Å²) in [6.07, 6.45) is 9.13. The first-order valence-electron chi connectivity index (χ1n) is 14.1. The molecule has 2 saturated heterocycles. The van der Waals surface area contributed by atoms with Crippen LogP contribution in [-0.4, -0.2) is 69.5 Å². The molecule has 3 amide bonds. The largest absolute Gasteiger partial charge is 0.396 e. The smallest absolute Gasteiger partial charge is 0.251 e. The molecule has 0 aromatic heterocycles. The lowest BCUT2D eigenvalue weighted by Crippen LogP contribution is -2.53. The number of benzene rings is 2. The van der Waals surface area contributed by atoms with Gasteiger partial charge in [-0.25, -0.2) is 0 Å². The summed E-state index contributed by atoms with van der Waals surface area (Å²) < 4.78 is -1.62. The zero-order chi connectivity index (χ0) is 28.9. The van der Waals surface area contributed by atoms with Gasteiger partial charge < -0.3 is 19.8 Å². The number of halogens is 1. The fraction of sp³-hybridized carbons (Fsp3) is 0.406. The van der Waals surface area contributed by atoms with Gasteiger partial charge in [-0.1, -0.05) is 66.2 Å². The number of aryl methyl sites for hydroxylation is 1. The number of carbonyl (C=O) groups is 3. The van der Waals surface area contributed by atoms with E-state index < -0.39 is 27.4 Å². The number of likely N-dealkylation sites (tertiary alicyclic amines) is 1. The van der Waals surface area contributed by atoms with Crippen molar-refractivity contribution in [2.24, 2.45) is 11.8 Å². The van der Waals surface area contributed by atoms with Crippen molar-refractivity contribution >= 4 is 52.5 Å². The van der Waals surface area contributed by atoms with E-state index in [9.17, 15) is 19.5 Å². The number of anilines is 2. The molecule has 4 aliphatic rings. The van der Waals surface area contributed by atoms with E-state index in [0.29, 0.717) is 43.2 Å². The number of amides is 3. The Morgan fingerprint density at radius 2 is 1.63 bits per heavy atom. The Bertz CT molecular complexity index is 1430. The molecule has 2 fully saturated rings. The Hall–Kier alpha value is -3.07. The second kappa shape index (κ2) is 10.6. The van der Waals surface area contributed by atoms with Crippen molar-refractivity contribution in [3.63, 3.8) is 0 Å². The number of rotatable bonds is 6. The van der Waals surface area contributed by atoms with Crippen molar-refractivity contribution in [3.05, 3.63) is 83.4 Å². The summed E-state index contributed by atoms with van der Waals surface area (Å²) in [6.45, 7) is 5.01. The van der Waals surface area contributed by atoms with Gasteiger partial charge >= 0.3 is 0 Å². The quantitative estimate of drug-likeness (QED) is 0.392. The number of hydrogen-bond donors (Lipinski definition) is 1. The maximum absolute atomic E-state index is 14.7. The fourth-order valence-corrected chi connectivity index (χ4v) is 9.64. The number of nitrogens with zero attached hydrogens (tertiary/aromatic N) is 3. The van der Waals surface area contributed by atoms with Gasteiger partial charge in [-0.3, -0.25) is 14.4 Å². The minimum atomic E-state index is -0.934. The molecule has 1 spiro atoms. The summed E-state index contributed by atoms with van der Waals surface area (Å²) in [6, 6.07) is 14.3. The minimum absolute atomic E-state index is 0.00478. The lowest BCUT2D eigenvalue weighted by molar-refractivity contribution is -0.139. The van der Waals surface area contributed by atoms with Gasteiger partial charge in [-0.05, 0) is 50.5 Å². The number of unbranched alkanes of at least 4 members (excludes halogenated alkanes) is 1. The van der Waals surface area contributed by atoms with Crippen LogP contribution >= 0.6 is 23.4 Å². The van der Waals surface area contributed by atoms with Gasteiger partial charge in [0.25, 0.3) is 5.91 Å². The minimum Gasteiger partial charge on any atom is -0.396 e. The highest BCUT2D eigenvalue weighted by atomic mass is 35.5. The van der Waals surface area contributed by atoms with Crippen LogP contribution in [0.1, 0.15) is 25.3 Å². The molecule has 2 aromatic carbocycles. The Morgan fingerprint density at radius 1 is 0.902 bits per heavy atom. The average molecular weight is 592 g/mol. The van der Waals surface area contributed by atoms with Crippen LogP contribution in [0.25, 0.3) is 0 Å². The number of hydrogen-bond acceptors (Lipinski definition) is 5. The summed E-state index contributed by atoms with van der Waals surface area (Å²) in [5.41, 5.74) is 2.30. The number of thioether (sulfide) groups is 1. The first-order valence-corrected chi connectivity index (χ1v) is 15.3. The van der Waals surface area contributed by atoms with Gasteiger partial charge in [0.2, 0.25) is 11.8 Å². The lowest BCUT2D eigenvalue weighted by atomic mass is 9.74. The molecular weight excluding hydrogens is 558 g/mol. The summed E-state index contributed by atoms with van der Waals surface area (Å²) >= 11 is 8.21. The Morgan fingerprint density at radius 3 is 2.37 bits per heavy atom. The molecule has 0 saturated carbocycles. The SMILES string of the molecule is Cc1cccc(Cl)c1N1CC=C[C@]23S[C@@]4(C)C=CCN(c5ccccc5)C(=O)[C@H]4[C@H]2C(=O)N(CCCCO)C3C1=O. The molecule has 4 heterocycles. The molecule has 9 heteroatoms. The Labute approximate surface area is 249 Å². The van der Waals surface area contributed by atoms with Crippen LogP contribution in [0.5, 0.6) is 0 Å². The van der Waals surface area contributed by atoms with Gasteiger partial charge in [0.1, 0.15) is 6.04 Å². The van der Waals surface area contributed by atoms with Crippen LogP contribution in [-0.2, 0) is 14.4 Å². The first kappa shape index (κ1) is 28.1. The zero-order valence-corrected chi connectivity index (χ0v) is 24.8. The number of aliphatic hydroxyl groups excluding tert-OH is 1. The highest BCUT2D eigenvalue weighted by Gasteiger charge is 2.74. The summed E-state index contributed by atoms with van der Waals surface area (Å²) in [4.78, 5) is 48.7. The Kier molecular flexibility index (Phi) is 7.29. The van der Waals surface area contributed by atoms with Gasteiger partial charge in [0.05, 0.1) is 27.3 Å². The van der Waals surface area contributed by atoms with Crippen molar-refractivity contribution in [3.8, 4) is 0 Å². The fourth-order valence-electron chi connectivity index (χ4n) is 7.16. The summed E-state index contributed by atoms with van der Waals surface area (Å²) in [5, 5.41) is 9.95. The molecule has 0 radical (unpaired) electrons. The molecule has 214 valence electrons. The van der Waals surface area contributed by atoms with Gasteiger partial charge in [0.15, 0.2) is 0 Å². The molecule has 1 N–H and O–H groups in total. The van der Waals surface area contributed by atoms with Crippen LogP contribution in [0, 0.1) is 18.8 Å². The Balaban J connectivity index is 1.47. The van der Waals surface area contributed by atoms with Gasteiger partial charge in [-0.15, -0.1) is 11.8 Å². The number of para-hydroxylation sites is 2. The van der Waals surface area contributed by atoms with Crippen LogP contribution in [0.4, 0.5) is 11.4 Å². The second-order valence-electron chi connectivity index (χ2n) is 11.4. The molecule has 41 heavy (non-hydrogen) atoms. The third kappa shape index (κ3) is 4.34. The predicted octanol–water partition coefficient (Wildman–Crippen LogP) is 4.61. The monoisotopic (exact) mass is 591 g/mol. The van der Waals surface area contributed by atoms with Crippen molar-refractivity contribution in [1.29, 1.82) is 0 Å². The van der Waals surface area contributed by atoms with Crippen LogP contribution in [0.3, 0.4) is 0 Å². The molecule has 7 nitrogen and oxygen atoms in total. The van der Waals surface area contributed by atoms with Crippen molar-refractivity contribution in [1.82, 2.24) is 4.90 Å². The normalized spacial score (nSPS) is 30.8. The van der Waals surface area contributed by atoms with Gasteiger partial charge in [0, 0.05) is 36.7 Å².